The van der Waals surface area contributed by atoms with Crippen LogP contribution in [-0.2, 0) is 14.4 Å². The number of hydrogen-bond acceptors (Lipinski definition) is 5. The quantitative estimate of drug-likeness (QED) is 0.497. The number of amides is 4. The van der Waals surface area contributed by atoms with Crippen molar-refractivity contribution in [2.24, 2.45) is 5.92 Å². The molecule has 1 heterocycles. The van der Waals surface area contributed by atoms with Crippen LogP contribution in [0.2, 0.25) is 0 Å². The van der Waals surface area contributed by atoms with Crippen LogP contribution in [0.15, 0.2) is 24.3 Å². The minimum Gasteiger partial charge on any atom is -0.483 e. The average Bonchev–Trinajstić information content (AvgIpc) is 3.29. The molecule has 1 fully saturated rings. The number of likely N-dealkylation sites (N-methyl/N-ethyl adjacent to an activating group) is 1. The van der Waals surface area contributed by atoms with Crippen LogP contribution in [-0.4, -0.2) is 77.3 Å². The van der Waals surface area contributed by atoms with Crippen LogP contribution in [0.1, 0.15) is 78.1 Å². The molecule has 206 valence electrons. The van der Waals surface area contributed by atoms with Crippen molar-refractivity contribution >= 4 is 23.6 Å². The number of nitrogens with zero attached hydrogens (tertiary/aromatic N) is 2. The third-order valence-corrected chi connectivity index (χ3v) is 6.26. The molecule has 0 radical (unpaired) electrons. The molecule has 0 spiro atoms. The van der Waals surface area contributed by atoms with Crippen molar-refractivity contribution < 1.29 is 23.9 Å². The van der Waals surface area contributed by atoms with Crippen LogP contribution in [0, 0.1) is 5.92 Å². The molecule has 0 aliphatic carbocycles. The summed E-state index contributed by atoms with van der Waals surface area (Å²) in [5, 5.41) is 5.70. The Hall–Kier alpha value is -3.10. The van der Waals surface area contributed by atoms with E-state index >= 15 is 0 Å². The summed E-state index contributed by atoms with van der Waals surface area (Å²) in [6, 6.07) is 5.35. The molecule has 0 saturated carbocycles. The van der Waals surface area contributed by atoms with E-state index in [4.69, 9.17) is 4.74 Å². The van der Waals surface area contributed by atoms with E-state index in [0.29, 0.717) is 19.4 Å². The van der Waals surface area contributed by atoms with Crippen molar-refractivity contribution in [3.05, 3.63) is 29.8 Å². The van der Waals surface area contributed by atoms with Gasteiger partial charge in [0, 0.05) is 25.2 Å². The fraction of sp³-hybridized carbons (Fsp3) is 0.643. The Morgan fingerprint density at radius 3 is 2.35 bits per heavy atom. The molecular formula is C28H44N4O5. The molecule has 37 heavy (non-hydrogen) atoms. The van der Waals surface area contributed by atoms with Gasteiger partial charge in [0.25, 0.3) is 11.8 Å². The molecule has 2 unspecified atom stereocenters. The van der Waals surface area contributed by atoms with Gasteiger partial charge >= 0.3 is 0 Å². The van der Waals surface area contributed by atoms with Gasteiger partial charge in [-0.1, -0.05) is 26.0 Å². The van der Waals surface area contributed by atoms with Crippen molar-refractivity contribution in [3.8, 4) is 5.75 Å². The molecule has 4 amide bonds. The fourth-order valence-corrected chi connectivity index (χ4v) is 4.28. The van der Waals surface area contributed by atoms with Gasteiger partial charge in [-0.2, -0.15) is 0 Å². The maximum absolute atomic E-state index is 13.6. The third kappa shape index (κ3) is 8.76. The van der Waals surface area contributed by atoms with Crippen LogP contribution in [0.4, 0.5) is 0 Å². The molecule has 0 bridgehead atoms. The normalized spacial score (nSPS) is 16.5. The summed E-state index contributed by atoms with van der Waals surface area (Å²) in [4.78, 5) is 55.5. The molecule has 1 aliphatic heterocycles. The van der Waals surface area contributed by atoms with E-state index in [2.05, 4.69) is 10.6 Å². The Morgan fingerprint density at radius 1 is 1.11 bits per heavy atom. The number of benzene rings is 1. The number of para-hydroxylation sites is 1. The van der Waals surface area contributed by atoms with Crippen LogP contribution < -0.4 is 15.4 Å². The summed E-state index contributed by atoms with van der Waals surface area (Å²) in [6.45, 7) is 13.7. The highest BCUT2D eigenvalue weighted by Crippen LogP contribution is 2.23. The van der Waals surface area contributed by atoms with E-state index in [0.717, 1.165) is 6.42 Å². The number of nitrogens with one attached hydrogen (secondary N) is 2. The SMILES string of the molecule is CC(C)CC(NC(=O)c1ccccc1OCC(=O)NC(C)(C)C)C(=O)N1CCCC1C(=O)N(C)C(C)C. The van der Waals surface area contributed by atoms with E-state index in [1.54, 1.807) is 41.1 Å². The predicted octanol–water partition coefficient (Wildman–Crippen LogP) is 2.98. The Balaban J connectivity index is 2.19. The van der Waals surface area contributed by atoms with Gasteiger partial charge in [0.05, 0.1) is 5.56 Å². The number of likely N-dealkylation sites (tertiary alicyclic amines) is 1. The van der Waals surface area contributed by atoms with E-state index in [1.165, 1.54) is 0 Å². The highest BCUT2D eigenvalue weighted by atomic mass is 16.5. The molecule has 9 nitrogen and oxygen atoms in total. The van der Waals surface area contributed by atoms with Crippen LogP contribution in [0.25, 0.3) is 0 Å². The van der Waals surface area contributed by atoms with Gasteiger partial charge in [-0.05, 0) is 71.9 Å². The van der Waals surface area contributed by atoms with Crippen LogP contribution in [0.5, 0.6) is 5.75 Å². The molecule has 1 saturated heterocycles. The number of hydrogen-bond donors (Lipinski definition) is 2. The van der Waals surface area contributed by atoms with Gasteiger partial charge in [-0.25, -0.2) is 0 Å². The van der Waals surface area contributed by atoms with Gasteiger partial charge in [0.15, 0.2) is 6.61 Å². The van der Waals surface area contributed by atoms with Crippen molar-refractivity contribution in [3.63, 3.8) is 0 Å². The van der Waals surface area contributed by atoms with Crippen molar-refractivity contribution in [2.75, 3.05) is 20.2 Å². The summed E-state index contributed by atoms with van der Waals surface area (Å²) in [5.41, 5.74) is -0.165. The number of carbonyl (C=O) groups excluding carboxylic acids is 4. The van der Waals surface area contributed by atoms with E-state index in [-0.39, 0.29) is 47.6 Å². The molecule has 9 heteroatoms. The average molecular weight is 517 g/mol. The number of carbonyl (C=O) groups is 4. The lowest BCUT2D eigenvalue weighted by atomic mass is 10.0. The van der Waals surface area contributed by atoms with E-state index in [9.17, 15) is 19.2 Å². The second kappa shape index (κ2) is 12.9. The first-order valence-electron chi connectivity index (χ1n) is 13.1. The van der Waals surface area contributed by atoms with E-state index in [1.807, 2.05) is 48.5 Å². The predicted molar refractivity (Wildman–Crippen MR) is 143 cm³/mol. The first kappa shape index (κ1) is 30.1. The minimum atomic E-state index is -0.789. The zero-order valence-corrected chi connectivity index (χ0v) is 23.6. The molecule has 1 aliphatic rings. The second-order valence-electron chi connectivity index (χ2n) is 11.5. The highest BCUT2D eigenvalue weighted by Gasteiger charge is 2.39. The van der Waals surface area contributed by atoms with Gasteiger partial charge < -0.3 is 25.2 Å². The lowest BCUT2D eigenvalue weighted by Gasteiger charge is -2.33. The maximum atomic E-state index is 13.6. The van der Waals surface area contributed by atoms with Crippen molar-refractivity contribution in [2.45, 2.75) is 91.4 Å². The monoisotopic (exact) mass is 516 g/mol. The lowest BCUT2D eigenvalue weighted by Crippen LogP contribution is -2.54. The first-order chi connectivity index (χ1) is 17.2. The van der Waals surface area contributed by atoms with Gasteiger partial charge in [0.1, 0.15) is 17.8 Å². The molecule has 1 aromatic carbocycles. The summed E-state index contributed by atoms with van der Waals surface area (Å²) in [7, 11) is 1.75. The first-order valence-corrected chi connectivity index (χ1v) is 13.1. The fourth-order valence-electron chi connectivity index (χ4n) is 4.28. The summed E-state index contributed by atoms with van der Waals surface area (Å²) in [6.07, 6.45) is 1.78. The molecule has 2 rings (SSSR count). The zero-order valence-electron chi connectivity index (χ0n) is 23.6. The Labute approximate surface area is 221 Å². The largest absolute Gasteiger partial charge is 0.483 e. The number of rotatable bonds is 10. The summed E-state index contributed by atoms with van der Waals surface area (Å²) >= 11 is 0. The molecule has 0 aromatic heterocycles. The second-order valence-corrected chi connectivity index (χ2v) is 11.5. The molecule has 2 atom stereocenters. The Bertz CT molecular complexity index is 970. The smallest absolute Gasteiger partial charge is 0.258 e. The highest BCUT2D eigenvalue weighted by molar-refractivity contribution is 6.00. The van der Waals surface area contributed by atoms with Gasteiger partial charge in [0.2, 0.25) is 11.8 Å². The minimum absolute atomic E-state index is 0.0261. The van der Waals surface area contributed by atoms with Crippen LogP contribution >= 0.6 is 0 Å². The Kier molecular flexibility index (Phi) is 10.5. The topological polar surface area (TPSA) is 108 Å². The van der Waals surface area contributed by atoms with Gasteiger partial charge in [-0.3, -0.25) is 19.2 Å². The number of ether oxygens (including phenoxy) is 1. The molecular weight excluding hydrogens is 472 g/mol. The van der Waals surface area contributed by atoms with Crippen molar-refractivity contribution in [1.29, 1.82) is 0 Å². The standard InChI is InChI=1S/C28H44N4O5/c1-18(2)16-21(26(35)32-15-11-13-22(32)27(36)31(8)19(3)4)29-25(34)20-12-9-10-14-23(20)37-17-24(33)30-28(5,6)7/h9-10,12,14,18-19,21-22H,11,13,15-17H2,1-8H3,(H,29,34)(H,30,33). The molecule has 1 aromatic rings. The van der Waals surface area contributed by atoms with Gasteiger partial charge in [-0.15, -0.1) is 0 Å². The summed E-state index contributed by atoms with van der Waals surface area (Å²) in [5.74, 6) is -0.704. The van der Waals surface area contributed by atoms with Crippen molar-refractivity contribution in [1.82, 2.24) is 20.4 Å². The van der Waals surface area contributed by atoms with Crippen LogP contribution in [0.3, 0.4) is 0 Å². The lowest BCUT2D eigenvalue weighted by molar-refractivity contribution is -0.145. The third-order valence-electron chi connectivity index (χ3n) is 6.26. The van der Waals surface area contributed by atoms with E-state index < -0.39 is 23.5 Å². The zero-order chi connectivity index (χ0) is 27.9. The molecule has 2 N–H and O–H groups in total. The maximum Gasteiger partial charge on any atom is 0.258 e. The summed E-state index contributed by atoms with van der Waals surface area (Å²) < 4.78 is 5.67. The Morgan fingerprint density at radius 2 is 1.76 bits per heavy atom.